The lowest BCUT2D eigenvalue weighted by Gasteiger charge is -2.29. The molecule has 5 nitrogen and oxygen atoms in total. The number of ether oxygens (including phenoxy) is 1. The Labute approximate surface area is 118 Å². The quantitative estimate of drug-likeness (QED) is 0.778. The molecule has 0 aliphatic heterocycles. The SMILES string of the molecule is CC(=O)OC(C)(C)CN(C)S(=O)(=O)c1ccc(F)cc1. The van der Waals surface area contributed by atoms with Gasteiger partial charge < -0.3 is 4.74 Å². The predicted octanol–water partition coefficient (Wildman–Crippen LogP) is 1.79. The molecule has 0 saturated carbocycles. The van der Waals surface area contributed by atoms with Crippen molar-refractivity contribution in [3.8, 4) is 0 Å². The minimum atomic E-state index is -3.75. The minimum absolute atomic E-state index is 0.00765. The maximum Gasteiger partial charge on any atom is 0.303 e. The zero-order valence-electron chi connectivity index (χ0n) is 11.9. The van der Waals surface area contributed by atoms with Gasteiger partial charge >= 0.3 is 5.97 Å². The first-order valence-corrected chi connectivity index (χ1v) is 7.40. The highest BCUT2D eigenvalue weighted by Crippen LogP contribution is 2.19. The van der Waals surface area contributed by atoms with E-state index in [1.165, 1.54) is 26.1 Å². The van der Waals surface area contributed by atoms with E-state index in [1.807, 2.05) is 0 Å². The lowest BCUT2D eigenvalue weighted by molar-refractivity contribution is -0.154. The van der Waals surface area contributed by atoms with Crippen molar-refractivity contribution in [3.63, 3.8) is 0 Å². The number of carbonyl (C=O) groups excluding carboxylic acids is 1. The second kappa shape index (κ2) is 5.88. The van der Waals surface area contributed by atoms with Gasteiger partial charge in [0.15, 0.2) is 0 Å². The fourth-order valence-corrected chi connectivity index (χ4v) is 3.15. The third-order valence-corrected chi connectivity index (χ3v) is 4.36. The van der Waals surface area contributed by atoms with E-state index in [0.29, 0.717) is 0 Å². The highest BCUT2D eigenvalue weighted by molar-refractivity contribution is 7.89. The van der Waals surface area contributed by atoms with E-state index in [-0.39, 0.29) is 11.4 Å². The van der Waals surface area contributed by atoms with E-state index in [2.05, 4.69) is 0 Å². The molecule has 0 aliphatic carbocycles. The number of sulfonamides is 1. The summed E-state index contributed by atoms with van der Waals surface area (Å²) in [6.07, 6.45) is 0. The van der Waals surface area contributed by atoms with E-state index < -0.39 is 27.4 Å². The molecule has 0 heterocycles. The topological polar surface area (TPSA) is 63.7 Å². The Bertz CT molecular complexity index is 581. The van der Waals surface area contributed by atoms with E-state index in [9.17, 15) is 17.6 Å². The Morgan fingerprint density at radius 3 is 2.25 bits per heavy atom. The van der Waals surface area contributed by atoms with Crippen LogP contribution in [-0.2, 0) is 19.6 Å². The number of carbonyl (C=O) groups is 1. The normalized spacial score (nSPS) is 12.5. The van der Waals surface area contributed by atoms with Crippen LogP contribution < -0.4 is 0 Å². The van der Waals surface area contributed by atoms with Gasteiger partial charge in [-0.2, -0.15) is 4.31 Å². The largest absolute Gasteiger partial charge is 0.458 e. The van der Waals surface area contributed by atoms with Crippen molar-refractivity contribution in [2.45, 2.75) is 31.3 Å². The molecule has 0 N–H and O–H groups in total. The van der Waals surface area contributed by atoms with Gasteiger partial charge in [-0.1, -0.05) is 0 Å². The maximum atomic E-state index is 12.8. The van der Waals surface area contributed by atoms with Gasteiger partial charge in [-0.05, 0) is 38.1 Å². The first kappa shape index (κ1) is 16.6. The van der Waals surface area contributed by atoms with Crippen LogP contribution in [0.25, 0.3) is 0 Å². The van der Waals surface area contributed by atoms with Gasteiger partial charge in [0.25, 0.3) is 0 Å². The molecule has 0 atom stereocenters. The molecule has 1 aromatic carbocycles. The highest BCUT2D eigenvalue weighted by atomic mass is 32.2. The summed E-state index contributed by atoms with van der Waals surface area (Å²) in [7, 11) is -2.37. The van der Waals surface area contributed by atoms with Gasteiger partial charge in [-0.15, -0.1) is 0 Å². The molecule has 7 heteroatoms. The Morgan fingerprint density at radius 2 is 1.80 bits per heavy atom. The van der Waals surface area contributed by atoms with Crippen molar-refractivity contribution in [2.75, 3.05) is 13.6 Å². The fourth-order valence-electron chi connectivity index (χ4n) is 1.83. The number of benzene rings is 1. The van der Waals surface area contributed by atoms with Crippen molar-refractivity contribution in [2.24, 2.45) is 0 Å². The standard InChI is InChI=1S/C13H18FNO4S/c1-10(16)19-13(2,3)9-15(4)20(17,18)12-7-5-11(14)6-8-12/h5-8H,9H2,1-4H3. The van der Waals surface area contributed by atoms with Crippen molar-refractivity contribution in [1.29, 1.82) is 0 Å². The number of hydrogen-bond acceptors (Lipinski definition) is 4. The fraction of sp³-hybridized carbons (Fsp3) is 0.462. The van der Waals surface area contributed by atoms with Crippen LogP contribution in [0.3, 0.4) is 0 Å². The van der Waals surface area contributed by atoms with E-state index in [4.69, 9.17) is 4.74 Å². The third kappa shape index (κ3) is 4.28. The molecule has 112 valence electrons. The monoisotopic (exact) mass is 303 g/mol. The van der Waals surface area contributed by atoms with Crippen molar-refractivity contribution in [3.05, 3.63) is 30.1 Å². The first-order chi connectivity index (χ1) is 9.04. The van der Waals surface area contributed by atoms with Crippen LogP contribution in [0.4, 0.5) is 4.39 Å². The van der Waals surface area contributed by atoms with Gasteiger partial charge in [-0.3, -0.25) is 4.79 Å². The summed E-state index contributed by atoms with van der Waals surface area (Å²) in [5.41, 5.74) is -0.951. The lowest BCUT2D eigenvalue weighted by Crippen LogP contribution is -2.42. The molecular formula is C13H18FNO4S. The number of likely N-dealkylation sites (N-methyl/N-ethyl adjacent to an activating group) is 1. The molecule has 0 amide bonds. The predicted molar refractivity (Wildman–Crippen MR) is 72.1 cm³/mol. The molecule has 0 fully saturated rings. The summed E-state index contributed by atoms with van der Waals surface area (Å²) >= 11 is 0. The Hall–Kier alpha value is -1.47. The summed E-state index contributed by atoms with van der Waals surface area (Å²) in [5, 5.41) is 0. The molecule has 0 aliphatic rings. The van der Waals surface area contributed by atoms with Crippen molar-refractivity contribution >= 4 is 16.0 Å². The molecule has 0 saturated heterocycles. The second-order valence-electron chi connectivity index (χ2n) is 5.07. The Morgan fingerprint density at radius 1 is 1.30 bits per heavy atom. The molecule has 0 aromatic heterocycles. The average molecular weight is 303 g/mol. The van der Waals surface area contributed by atoms with Crippen LogP contribution in [0, 0.1) is 5.82 Å². The zero-order chi connectivity index (χ0) is 15.6. The molecule has 1 rings (SSSR count). The summed E-state index contributed by atoms with van der Waals surface area (Å²) in [4.78, 5) is 11.0. The number of nitrogens with zero attached hydrogens (tertiary/aromatic N) is 1. The lowest BCUT2D eigenvalue weighted by atomic mass is 10.1. The number of halogens is 1. The van der Waals surface area contributed by atoms with Crippen LogP contribution in [-0.4, -0.2) is 37.9 Å². The smallest absolute Gasteiger partial charge is 0.303 e. The molecule has 0 radical (unpaired) electrons. The van der Waals surface area contributed by atoms with Crippen LogP contribution in [0.15, 0.2) is 29.2 Å². The van der Waals surface area contributed by atoms with Gasteiger partial charge in [0.05, 0.1) is 11.4 Å². The van der Waals surface area contributed by atoms with Gasteiger partial charge in [-0.25, -0.2) is 12.8 Å². The molecular weight excluding hydrogens is 285 g/mol. The molecule has 0 bridgehead atoms. The number of rotatable bonds is 5. The Balaban J connectivity index is 2.93. The highest BCUT2D eigenvalue weighted by Gasteiger charge is 2.30. The van der Waals surface area contributed by atoms with E-state index in [0.717, 1.165) is 16.4 Å². The second-order valence-corrected chi connectivity index (χ2v) is 7.11. The average Bonchev–Trinajstić information content (AvgIpc) is 2.26. The van der Waals surface area contributed by atoms with Crippen LogP contribution in [0.2, 0.25) is 0 Å². The summed E-state index contributed by atoms with van der Waals surface area (Å²) in [6.45, 7) is 4.48. The minimum Gasteiger partial charge on any atom is -0.458 e. The molecule has 20 heavy (non-hydrogen) atoms. The third-order valence-electron chi connectivity index (χ3n) is 2.55. The van der Waals surface area contributed by atoms with E-state index >= 15 is 0 Å². The van der Waals surface area contributed by atoms with E-state index in [1.54, 1.807) is 13.8 Å². The Kier molecular flexibility index (Phi) is 4.88. The van der Waals surface area contributed by atoms with Crippen molar-refractivity contribution in [1.82, 2.24) is 4.31 Å². The maximum absolute atomic E-state index is 12.8. The summed E-state index contributed by atoms with van der Waals surface area (Å²) in [6, 6.07) is 4.55. The van der Waals surface area contributed by atoms with Gasteiger partial charge in [0, 0.05) is 14.0 Å². The van der Waals surface area contributed by atoms with Crippen LogP contribution >= 0.6 is 0 Å². The number of esters is 1. The summed E-state index contributed by atoms with van der Waals surface area (Å²) in [5.74, 6) is -0.991. The van der Waals surface area contributed by atoms with Crippen LogP contribution in [0.1, 0.15) is 20.8 Å². The molecule has 0 unspecified atom stereocenters. The zero-order valence-corrected chi connectivity index (χ0v) is 12.7. The first-order valence-electron chi connectivity index (χ1n) is 5.96. The van der Waals surface area contributed by atoms with Crippen LogP contribution in [0.5, 0.6) is 0 Å². The van der Waals surface area contributed by atoms with Gasteiger partial charge in [0.2, 0.25) is 10.0 Å². The number of hydrogen-bond donors (Lipinski definition) is 0. The van der Waals surface area contributed by atoms with Crippen molar-refractivity contribution < 1.29 is 22.3 Å². The molecule has 0 spiro atoms. The van der Waals surface area contributed by atoms with Gasteiger partial charge in [0.1, 0.15) is 11.4 Å². The molecule has 1 aromatic rings. The summed E-state index contributed by atoms with van der Waals surface area (Å²) < 4.78 is 43.5.